The normalized spacial score (nSPS) is 12.5. The summed E-state index contributed by atoms with van der Waals surface area (Å²) in [7, 11) is 0. The average Bonchev–Trinajstić information content (AvgIpc) is 2.45. The van der Waals surface area contributed by atoms with Gasteiger partial charge in [-0.2, -0.15) is 0 Å². The van der Waals surface area contributed by atoms with Gasteiger partial charge >= 0.3 is 0 Å². The van der Waals surface area contributed by atoms with Crippen LogP contribution in [0.15, 0.2) is 10.5 Å². The molecule has 1 aromatic heterocycles. The highest BCUT2D eigenvalue weighted by molar-refractivity contribution is 5.27. The van der Waals surface area contributed by atoms with E-state index in [0.717, 1.165) is 17.1 Å². The molecule has 0 atom stereocenters. The lowest BCUT2D eigenvalue weighted by atomic mass is 9.93. The minimum absolute atomic E-state index is 0.0665. The van der Waals surface area contributed by atoms with Crippen LogP contribution in [0.3, 0.4) is 0 Å². The maximum Gasteiger partial charge on any atom is 0.111 e. The molecular formula is C12H21NO. The number of hydrogen-bond donors (Lipinski definition) is 1. The molecule has 0 amide bonds. The van der Waals surface area contributed by atoms with Gasteiger partial charge in [0.15, 0.2) is 0 Å². The first kappa shape index (κ1) is 11.3. The first-order valence-corrected chi connectivity index (χ1v) is 5.19. The minimum Gasteiger partial charge on any atom is -0.465 e. The summed E-state index contributed by atoms with van der Waals surface area (Å²) in [6.07, 6.45) is 0. The molecule has 80 valence electrons. The second-order valence-corrected chi connectivity index (χ2v) is 5.11. The Labute approximate surface area is 86.5 Å². The van der Waals surface area contributed by atoms with Crippen LogP contribution in [-0.4, -0.2) is 0 Å². The summed E-state index contributed by atoms with van der Waals surface area (Å²) in [5, 5.41) is 0. The highest BCUT2D eigenvalue weighted by Gasteiger charge is 2.22. The van der Waals surface area contributed by atoms with Gasteiger partial charge in [-0.1, -0.05) is 34.6 Å². The smallest absolute Gasteiger partial charge is 0.111 e. The fourth-order valence-electron chi connectivity index (χ4n) is 1.46. The molecule has 2 heteroatoms. The Hall–Kier alpha value is -0.760. The van der Waals surface area contributed by atoms with E-state index in [1.165, 1.54) is 0 Å². The molecule has 0 aliphatic rings. The van der Waals surface area contributed by atoms with E-state index in [0.29, 0.717) is 12.5 Å². The molecule has 1 heterocycles. The molecule has 0 aliphatic heterocycles. The Bertz CT molecular complexity index is 305. The summed E-state index contributed by atoms with van der Waals surface area (Å²) in [6.45, 7) is 11.3. The van der Waals surface area contributed by atoms with Gasteiger partial charge in [-0.05, 0) is 6.07 Å². The van der Waals surface area contributed by atoms with Gasteiger partial charge < -0.3 is 10.2 Å². The second-order valence-electron chi connectivity index (χ2n) is 5.11. The van der Waals surface area contributed by atoms with E-state index in [-0.39, 0.29) is 5.41 Å². The molecule has 1 aromatic rings. The van der Waals surface area contributed by atoms with Gasteiger partial charge in [0.1, 0.15) is 11.5 Å². The summed E-state index contributed by atoms with van der Waals surface area (Å²) >= 11 is 0. The number of rotatable bonds is 2. The van der Waals surface area contributed by atoms with E-state index >= 15 is 0 Å². The lowest BCUT2D eigenvalue weighted by Crippen LogP contribution is -2.09. The molecule has 1 rings (SSSR count). The molecule has 14 heavy (non-hydrogen) atoms. The predicted molar refractivity (Wildman–Crippen MR) is 59.4 cm³/mol. The van der Waals surface area contributed by atoms with Crippen LogP contribution < -0.4 is 5.73 Å². The van der Waals surface area contributed by atoms with Crippen molar-refractivity contribution in [2.45, 2.75) is 52.5 Å². The molecule has 0 aliphatic carbocycles. The van der Waals surface area contributed by atoms with Crippen molar-refractivity contribution < 1.29 is 4.42 Å². The van der Waals surface area contributed by atoms with Gasteiger partial charge in [0.25, 0.3) is 0 Å². The van der Waals surface area contributed by atoms with Crippen LogP contribution in [0.25, 0.3) is 0 Å². The maximum absolute atomic E-state index is 5.85. The zero-order valence-corrected chi connectivity index (χ0v) is 9.85. The Morgan fingerprint density at radius 1 is 1.36 bits per heavy atom. The lowest BCUT2D eigenvalue weighted by Gasteiger charge is -2.14. The molecule has 0 fully saturated rings. The van der Waals surface area contributed by atoms with Crippen LogP contribution in [-0.2, 0) is 12.0 Å². The third-order valence-corrected chi connectivity index (χ3v) is 2.33. The summed E-state index contributed by atoms with van der Waals surface area (Å²) in [5.74, 6) is 2.48. The molecule has 2 nitrogen and oxygen atoms in total. The van der Waals surface area contributed by atoms with E-state index in [4.69, 9.17) is 10.2 Å². The summed E-state index contributed by atoms with van der Waals surface area (Å²) in [5.41, 5.74) is 6.90. The SMILES string of the molecule is CC(C)c1oc(C(C)(C)C)cc1CN. The largest absolute Gasteiger partial charge is 0.465 e. The van der Waals surface area contributed by atoms with Gasteiger partial charge in [0, 0.05) is 23.4 Å². The Morgan fingerprint density at radius 3 is 2.21 bits per heavy atom. The fourth-order valence-corrected chi connectivity index (χ4v) is 1.46. The minimum atomic E-state index is 0.0665. The number of furan rings is 1. The Balaban J connectivity index is 3.13. The van der Waals surface area contributed by atoms with Crippen molar-refractivity contribution in [2.24, 2.45) is 5.73 Å². The topological polar surface area (TPSA) is 39.2 Å². The molecule has 0 unspecified atom stereocenters. The Kier molecular flexibility index (Phi) is 3.05. The third kappa shape index (κ3) is 2.18. The maximum atomic E-state index is 5.85. The van der Waals surface area contributed by atoms with Crippen molar-refractivity contribution in [1.29, 1.82) is 0 Å². The molecule has 0 saturated carbocycles. The Morgan fingerprint density at radius 2 is 1.93 bits per heavy atom. The van der Waals surface area contributed by atoms with Crippen LogP contribution in [0.2, 0.25) is 0 Å². The summed E-state index contributed by atoms with van der Waals surface area (Å²) in [4.78, 5) is 0. The molecule has 0 radical (unpaired) electrons. The quantitative estimate of drug-likeness (QED) is 0.787. The van der Waals surface area contributed by atoms with Crippen molar-refractivity contribution >= 4 is 0 Å². The lowest BCUT2D eigenvalue weighted by molar-refractivity contribution is 0.376. The van der Waals surface area contributed by atoms with E-state index < -0.39 is 0 Å². The van der Waals surface area contributed by atoms with Crippen molar-refractivity contribution in [1.82, 2.24) is 0 Å². The third-order valence-electron chi connectivity index (χ3n) is 2.33. The second kappa shape index (κ2) is 3.77. The fraction of sp³-hybridized carbons (Fsp3) is 0.667. The van der Waals surface area contributed by atoms with Crippen molar-refractivity contribution in [3.8, 4) is 0 Å². The number of hydrogen-bond acceptors (Lipinski definition) is 2. The van der Waals surface area contributed by atoms with Crippen LogP contribution in [0.1, 0.15) is 57.6 Å². The highest BCUT2D eigenvalue weighted by atomic mass is 16.3. The van der Waals surface area contributed by atoms with Gasteiger partial charge in [0.2, 0.25) is 0 Å². The molecule has 0 spiro atoms. The highest BCUT2D eigenvalue weighted by Crippen LogP contribution is 2.30. The predicted octanol–water partition coefficient (Wildman–Crippen LogP) is 3.16. The number of nitrogens with two attached hydrogens (primary N) is 1. The van der Waals surface area contributed by atoms with Crippen molar-refractivity contribution in [2.75, 3.05) is 0 Å². The van der Waals surface area contributed by atoms with Gasteiger partial charge in [-0.25, -0.2) is 0 Å². The van der Waals surface area contributed by atoms with Crippen molar-refractivity contribution in [3.63, 3.8) is 0 Å². The molecule has 0 aromatic carbocycles. The van der Waals surface area contributed by atoms with E-state index in [9.17, 15) is 0 Å². The van der Waals surface area contributed by atoms with Gasteiger partial charge in [0.05, 0.1) is 0 Å². The average molecular weight is 195 g/mol. The zero-order chi connectivity index (χ0) is 10.9. The van der Waals surface area contributed by atoms with Crippen LogP contribution in [0.5, 0.6) is 0 Å². The molecule has 2 N–H and O–H groups in total. The van der Waals surface area contributed by atoms with E-state index in [1.54, 1.807) is 0 Å². The zero-order valence-electron chi connectivity index (χ0n) is 9.85. The van der Waals surface area contributed by atoms with Crippen LogP contribution in [0.4, 0.5) is 0 Å². The monoisotopic (exact) mass is 195 g/mol. The first-order chi connectivity index (χ1) is 6.36. The summed E-state index contributed by atoms with van der Waals surface area (Å²) < 4.78 is 5.85. The molecule has 0 bridgehead atoms. The first-order valence-electron chi connectivity index (χ1n) is 5.19. The standard InChI is InChI=1S/C12H21NO/c1-8(2)11-9(7-13)6-10(14-11)12(3,4)5/h6,8H,7,13H2,1-5H3. The summed E-state index contributed by atoms with van der Waals surface area (Å²) in [6, 6.07) is 2.09. The molecule has 0 saturated heterocycles. The van der Waals surface area contributed by atoms with E-state index in [2.05, 4.69) is 40.7 Å². The van der Waals surface area contributed by atoms with E-state index in [1.807, 2.05) is 0 Å². The van der Waals surface area contributed by atoms with Crippen LogP contribution >= 0.6 is 0 Å². The van der Waals surface area contributed by atoms with Gasteiger partial charge in [-0.15, -0.1) is 0 Å². The van der Waals surface area contributed by atoms with Crippen molar-refractivity contribution in [3.05, 3.63) is 23.2 Å². The van der Waals surface area contributed by atoms with Gasteiger partial charge in [-0.3, -0.25) is 0 Å². The van der Waals surface area contributed by atoms with Crippen LogP contribution in [0, 0.1) is 0 Å². The molecular weight excluding hydrogens is 174 g/mol.